The Labute approximate surface area is 92.6 Å². The first-order valence-corrected chi connectivity index (χ1v) is 5.74. The summed E-state index contributed by atoms with van der Waals surface area (Å²) >= 11 is 0. The van der Waals surface area contributed by atoms with E-state index in [2.05, 4.69) is 36.5 Å². The molecule has 0 saturated heterocycles. The molecule has 0 spiro atoms. The third-order valence-corrected chi connectivity index (χ3v) is 2.33. The summed E-state index contributed by atoms with van der Waals surface area (Å²) in [4.78, 5) is 0. The maximum Gasteiger partial charge on any atom is 0.0661 e. The first kappa shape index (κ1) is 12.2. The standard InChI is InChI=1S/C13H21NO/c1-3-10-14-13(11-15-4-2)12-8-6-5-7-9-12/h5-9,13-14H,3-4,10-11H2,1-2H3. The second kappa shape index (κ2) is 7.43. The van der Waals surface area contributed by atoms with Gasteiger partial charge in [0.25, 0.3) is 0 Å². The Morgan fingerprint density at radius 2 is 1.93 bits per heavy atom. The van der Waals surface area contributed by atoms with Crippen LogP contribution in [0.1, 0.15) is 31.9 Å². The van der Waals surface area contributed by atoms with Crippen LogP contribution in [0.5, 0.6) is 0 Å². The number of ether oxygens (including phenoxy) is 1. The fourth-order valence-electron chi connectivity index (χ4n) is 1.51. The van der Waals surface area contributed by atoms with Gasteiger partial charge in [0.2, 0.25) is 0 Å². The lowest BCUT2D eigenvalue weighted by molar-refractivity contribution is 0.123. The molecule has 84 valence electrons. The van der Waals surface area contributed by atoms with Gasteiger partial charge in [-0.25, -0.2) is 0 Å². The minimum Gasteiger partial charge on any atom is -0.380 e. The monoisotopic (exact) mass is 207 g/mol. The van der Waals surface area contributed by atoms with Crippen LogP contribution in [0.25, 0.3) is 0 Å². The maximum absolute atomic E-state index is 5.48. The van der Waals surface area contributed by atoms with Crippen molar-refractivity contribution in [1.82, 2.24) is 5.32 Å². The molecule has 1 aromatic carbocycles. The molecule has 1 N–H and O–H groups in total. The summed E-state index contributed by atoms with van der Waals surface area (Å²) in [5, 5.41) is 3.50. The first-order chi connectivity index (χ1) is 7.38. The van der Waals surface area contributed by atoms with Gasteiger partial charge in [0.1, 0.15) is 0 Å². The molecule has 0 amide bonds. The molecular weight excluding hydrogens is 186 g/mol. The van der Waals surface area contributed by atoms with Crippen LogP contribution in [0.15, 0.2) is 30.3 Å². The molecule has 1 rings (SSSR count). The summed E-state index contributed by atoms with van der Waals surface area (Å²) in [6.07, 6.45) is 1.15. The molecule has 2 nitrogen and oxygen atoms in total. The molecule has 0 aromatic heterocycles. The normalized spacial score (nSPS) is 12.7. The van der Waals surface area contributed by atoms with E-state index in [9.17, 15) is 0 Å². The van der Waals surface area contributed by atoms with Gasteiger partial charge in [0.05, 0.1) is 12.6 Å². The van der Waals surface area contributed by atoms with Crippen molar-refractivity contribution in [1.29, 1.82) is 0 Å². The average Bonchev–Trinajstić information content (AvgIpc) is 2.30. The predicted octanol–water partition coefficient (Wildman–Crippen LogP) is 2.76. The summed E-state index contributed by atoms with van der Waals surface area (Å²) < 4.78 is 5.48. The summed E-state index contributed by atoms with van der Waals surface area (Å²) in [5.74, 6) is 0. The average molecular weight is 207 g/mol. The molecule has 0 heterocycles. The van der Waals surface area contributed by atoms with Crippen LogP contribution in [-0.4, -0.2) is 19.8 Å². The van der Waals surface area contributed by atoms with Crippen LogP contribution in [0.3, 0.4) is 0 Å². The zero-order valence-corrected chi connectivity index (χ0v) is 9.70. The van der Waals surface area contributed by atoms with E-state index < -0.39 is 0 Å². The van der Waals surface area contributed by atoms with Gasteiger partial charge in [-0.2, -0.15) is 0 Å². The zero-order chi connectivity index (χ0) is 10.9. The predicted molar refractivity (Wildman–Crippen MR) is 64.0 cm³/mol. The van der Waals surface area contributed by atoms with Gasteiger partial charge in [-0.15, -0.1) is 0 Å². The van der Waals surface area contributed by atoms with E-state index in [0.29, 0.717) is 6.04 Å². The Bertz CT molecular complexity index is 240. The lowest BCUT2D eigenvalue weighted by Crippen LogP contribution is -2.26. The van der Waals surface area contributed by atoms with E-state index in [4.69, 9.17) is 4.74 Å². The molecule has 0 bridgehead atoms. The second-order valence-corrected chi connectivity index (χ2v) is 3.58. The largest absolute Gasteiger partial charge is 0.380 e. The molecule has 0 aliphatic heterocycles. The fourth-order valence-corrected chi connectivity index (χ4v) is 1.51. The molecule has 0 saturated carbocycles. The highest BCUT2D eigenvalue weighted by Crippen LogP contribution is 2.12. The highest BCUT2D eigenvalue weighted by Gasteiger charge is 2.09. The van der Waals surface area contributed by atoms with E-state index in [1.54, 1.807) is 0 Å². The first-order valence-electron chi connectivity index (χ1n) is 5.74. The molecule has 1 unspecified atom stereocenters. The molecule has 15 heavy (non-hydrogen) atoms. The van der Waals surface area contributed by atoms with Crippen LogP contribution in [0.4, 0.5) is 0 Å². The van der Waals surface area contributed by atoms with Crippen LogP contribution in [0, 0.1) is 0 Å². The van der Waals surface area contributed by atoms with E-state index >= 15 is 0 Å². The van der Waals surface area contributed by atoms with Crippen molar-refractivity contribution in [2.24, 2.45) is 0 Å². The lowest BCUT2D eigenvalue weighted by Gasteiger charge is -2.18. The molecule has 2 heteroatoms. The molecule has 0 fully saturated rings. The molecular formula is C13H21NO. The second-order valence-electron chi connectivity index (χ2n) is 3.58. The fraction of sp³-hybridized carbons (Fsp3) is 0.538. The molecule has 0 aliphatic rings. The number of hydrogen-bond donors (Lipinski definition) is 1. The van der Waals surface area contributed by atoms with Crippen LogP contribution >= 0.6 is 0 Å². The van der Waals surface area contributed by atoms with Gasteiger partial charge in [-0.05, 0) is 25.5 Å². The summed E-state index contributed by atoms with van der Waals surface area (Å²) in [6, 6.07) is 10.8. The summed E-state index contributed by atoms with van der Waals surface area (Å²) in [5.41, 5.74) is 1.31. The van der Waals surface area contributed by atoms with E-state index in [1.807, 2.05) is 13.0 Å². The van der Waals surface area contributed by atoms with Crippen molar-refractivity contribution in [3.8, 4) is 0 Å². The Balaban J connectivity index is 2.55. The molecule has 0 radical (unpaired) electrons. The summed E-state index contributed by atoms with van der Waals surface area (Å²) in [7, 11) is 0. The van der Waals surface area contributed by atoms with Crippen molar-refractivity contribution >= 4 is 0 Å². The highest BCUT2D eigenvalue weighted by atomic mass is 16.5. The minimum atomic E-state index is 0.325. The smallest absolute Gasteiger partial charge is 0.0661 e. The van der Waals surface area contributed by atoms with Crippen LogP contribution in [0.2, 0.25) is 0 Å². The number of rotatable bonds is 7. The van der Waals surface area contributed by atoms with Gasteiger partial charge >= 0.3 is 0 Å². The van der Waals surface area contributed by atoms with Crippen molar-refractivity contribution in [3.63, 3.8) is 0 Å². The van der Waals surface area contributed by atoms with Gasteiger partial charge in [0, 0.05) is 6.61 Å². The van der Waals surface area contributed by atoms with E-state index in [1.165, 1.54) is 5.56 Å². The summed E-state index contributed by atoms with van der Waals surface area (Å²) in [6.45, 7) is 6.77. The lowest BCUT2D eigenvalue weighted by atomic mass is 10.1. The van der Waals surface area contributed by atoms with Gasteiger partial charge < -0.3 is 10.1 Å². The molecule has 1 aromatic rings. The Morgan fingerprint density at radius 3 is 2.53 bits per heavy atom. The number of hydrogen-bond acceptors (Lipinski definition) is 2. The molecule has 1 atom stereocenters. The van der Waals surface area contributed by atoms with Gasteiger partial charge in [0.15, 0.2) is 0 Å². The third kappa shape index (κ3) is 4.45. The van der Waals surface area contributed by atoms with Crippen molar-refractivity contribution in [2.45, 2.75) is 26.3 Å². The van der Waals surface area contributed by atoms with Crippen LogP contribution < -0.4 is 5.32 Å². The maximum atomic E-state index is 5.48. The van der Waals surface area contributed by atoms with E-state index in [-0.39, 0.29) is 0 Å². The van der Waals surface area contributed by atoms with Crippen LogP contribution in [-0.2, 0) is 4.74 Å². The Morgan fingerprint density at radius 1 is 1.20 bits per heavy atom. The van der Waals surface area contributed by atoms with Gasteiger partial charge in [-0.3, -0.25) is 0 Å². The molecule has 0 aliphatic carbocycles. The van der Waals surface area contributed by atoms with Crippen molar-refractivity contribution in [2.75, 3.05) is 19.8 Å². The third-order valence-electron chi connectivity index (χ3n) is 2.33. The van der Waals surface area contributed by atoms with Gasteiger partial charge in [-0.1, -0.05) is 37.3 Å². The van der Waals surface area contributed by atoms with Crippen molar-refractivity contribution in [3.05, 3.63) is 35.9 Å². The van der Waals surface area contributed by atoms with Crippen molar-refractivity contribution < 1.29 is 4.74 Å². The highest BCUT2D eigenvalue weighted by molar-refractivity contribution is 5.18. The number of benzene rings is 1. The van der Waals surface area contributed by atoms with E-state index in [0.717, 1.165) is 26.2 Å². The SMILES string of the molecule is CCCNC(COCC)c1ccccc1. The zero-order valence-electron chi connectivity index (χ0n) is 9.70. The topological polar surface area (TPSA) is 21.3 Å². The Kier molecular flexibility index (Phi) is 6.05. The number of nitrogens with one attached hydrogen (secondary N) is 1. The minimum absolute atomic E-state index is 0.325. The Hall–Kier alpha value is -0.860. The quantitative estimate of drug-likeness (QED) is 0.742.